The number of aryl methyl sites for hydroxylation is 2. The Balaban J connectivity index is 0.00000312. The van der Waals surface area contributed by atoms with E-state index in [1.807, 2.05) is 26.0 Å². The van der Waals surface area contributed by atoms with Crippen LogP contribution < -0.4 is 10.6 Å². The van der Waals surface area contributed by atoms with Crippen molar-refractivity contribution in [2.45, 2.75) is 39.2 Å². The van der Waals surface area contributed by atoms with Gasteiger partial charge >= 0.3 is 12.0 Å². The van der Waals surface area contributed by atoms with Gasteiger partial charge in [0.25, 0.3) is 0 Å². The zero-order chi connectivity index (χ0) is 17.7. The van der Waals surface area contributed by atoms with Crippen LogP contribution in [0.25, 0.3) is 0 Å². The summed E-state index contributed by atoms with van der Waals surface area (Å²) >= 11 is 0. The first-order chi connectivity index (χ1) is 11.4. The Hall–Kier alpha value is -2.12. The van der Waals surface area contributed by atoms with E-state index in [1.54, 1.807) is 11.0 Å². The molecule has 1 aromatic rings. The van der Waals surface area contributed by atoms with E-state index in [0.29, 0.717) is 18.7 Å². The van der Waals surface area contributed by atoms with Gasteiger partial charge in [-0.05, 0) is 44.9 Å². The van der Waals surface area contributed by atoms with E-state index < -0.39 is 23.9 Å². The highest BCUT2D eigenvalue weighted by Crippen LogP contribution is 2.17. The second-order valence-electron chi connectivity index (χ2n) is 6.14. The molecular weight excluding hydrogens is 346 g/mol. The van der Waals surface area contributed by atoms with Gasteiger partial charge in [0, 0.05) is 5.69 Å². The smallest absolute Gasteiger partial charge is 0.325 e. The standard InChI is InChI=1S/C17H23N3O4.ClH/c1-11-6-7-13(12(2)9-11)18-17(24)19-15(21)10-20-8-4-3-5-14(20)16(22)23;/h6-7,9,14H,3-5,8,10H2,1-2H3,(H,22,23)(H2,18,19,21,24);1H. The van der Waals surface area contributed by atoms with Crippen LogP contribution in [0.5, 0.6) is 0 Å². The van der Waals surface area contributed by atoms with Crippen molar-refractivity contribution in [3.05, 3.63) is 29.3 Å². The maximum Gasteiger partial charge on any atom is 0.325 e. The highest BCUT2D eigenvalue weighted by molar-refractivity contribution is 6.02. The lowest BCUT2D eigenvalue weighted by Crippen LogP contribution is -2.50. The summed E-state index contributed by atoms with van der Waals surface area (Å²) in [7, 11) is 0. The van der Waals surface area contributed by atoms with Crippen molar-refractivity contribution < 1.29 is 19.5 Å². The largest absolute Gasteiger partial charge is 0.480 e. The molecule has 1 heterocycles. The predicted molar refractivity (Wildman–Crippen MR) is 97.2 cm³/mol. The zero-order valence-corrected chi connectivity index (χ0v) is 15.2. The first-order valence-electron chi connectivity index (χ1n) is 8.02. The molecule has 25 heavy (non-hydrogen) atoms. The highest BCUT2D eigenvalue weighted by atomic mass is 35.5. The number of amides is 3. The number of carbonyl (C=O) groups excluding carboxylic acids is 2. The molecule has 3 amide bonds. The molecule has 1 fully saturated rings. The molecule has 2 rings (SSSR count). The lowest BCUT2D eigenvalue weighted by molar-refractivity contribution is -0.145. The van der Waals surface area contributed by atoms with Gasteiger partial charge in [0.2, 0.25) is 5.91 Å². The number of carbonyl (C=O) groups is 3. The molecule has 0 saturated carbocycles. The number of aliphatic carboxylic acids is 1. The molecular formula is C17H24ClN3O4. The second kappa shape index (κ2) is 9.39. The number of likely N-dealkylation sites (tertiary alicyclic amines) is 1. The van der Waals surface area contributed by atoms with Crippen LogP contribution >= 0.6 is 12.4 Å². The average Bonchev–Trinajstić information content (AvgIpc) is 2.50. The summed E-state index contributed by atoms with van der Waals surface area (Å²) in [5, 5.41) is 14.1. The molecule has 0 bridgehead atoms. The summed E-state index contributed by atoms with van der Waals surface area (Å²) in [6.45, 7) is 4.27. The third-order valence-corrected chi connectivity index (χ3v) is 4.13. The lowest BCUT2D eigenvalue weighted by atomic mass is 10.0. The van der Waals surface area contributed by atoms with E-state index in [4.69, 9.17) is 0 Å². The molecule has 138 valence electrons. The maximum atomic E-state index is 12.0. The Bertz CT molecular complexity index is 651. The minimum absolute atomic E-state index is 0. The number of anilines is 1. The van der Waals surface area contributed by atoms with Gasteiger partial charge in [0.1, 0.15) is 6.04 Å². The number of halogens is 1. The van der Waals surface area contributed by atoms with Crippen LogP contribution in [0.4, 0.5) is 10.5 Å². The second-order valence-corrected chi connectivity index (χ2v) is 6.14. The summed E-state index contributed by atoms with van der Waals surface area (Å²) in [6, 6.07) is 4.31. The van der Waals surface area contributed by atoms with Gasteiger partial charge in [-0.1, -0.05) is 24.1 Å². The number of nitrogens with zero attached hydrogens (tertiary/aromatic N) is 1. The number of hydrogen-bond acceptors (Lipinski definition) is 4. The van der Waals surface area contributed by atoms with Crippen LogP contribution in [0.2, 0.25) is 0 Å². The van der Waals surface area contributed by atoms with Crippen molar-refractivity contribution >= 4 is 36.0 Å². The fourth-order valence-electron chi connectivity index (χ4n) is 2.92. The summed E-state index contributed by atoms with van der Waals surface area (Å²) in [5.41, 5.74) is 2.62. The molecule has 1 aromatic carbocycles. The molecule has 0 radical (unpaired) electrons. The third-order valence-electron chi connectivity index (χ3n) is 4.13. The Morgan fingerprint density at radius 2 is 1.96 bits per heavy atom. The molecule has 7 nitrogen and oxygen atoms in total. The van der Waals surface area contributed by atoms with E-state index in [9.17, 15) is 19.5 Å². The lowest BCUT2D eigenvalue weighted by Gasteiger charge is -2.31. The van der Waals surface area contributed by atoms with Gasteiger partial charge < -0.3 is 10.4 Å². The van der Waals surface area contributed by atoms with E-state index in [1.165, 1.54) is 0 Å². The van der Waals surface area contributed by atoms with Gasteiger partial charge in [-0.25, -0.2) is 4.79 Å². The number of carboxylic acid groups (broad SMARTS) is 1. The first-order valence-corrected chi connectivity index (χ1v) is 8.02. The number of nitrogens with one attached hydrogen (secondary N) is 2. The van der Waals surface area contributed by atoms with E-state index >= 15 is 0 Å². The van der Waals surface area contributed by atoms with E-state index in [2.05, 4.69) is 10.6 Å². The van der Waals surface area contributed by atoms with Crippen LogP contribution in [0, 0.1) is 13.8 Å². The minimum Gasteiger partial charge on any atom is -0.480 e. The average molecular weight is 370 g/mol. The molecule has 0 spiro atoms. The number of piperidine rings is 1. The van der Waals surface area contributed by atoms with Crippen molar-refractivity contribution in [2.75, 3.05) is 18.4 Å². The van der Waals surface area contributed by atoms with E-state index in [-0.39, 0.29) is 19.0 Å². The van der Waals surface area contributed by atoms with Crippen LogP contribution in [0.15, 0.2) is 18.2 Å². The van der Waals surface area contributed by atoms with Crippen LogP contribution in [0.1, 0.15) is 30.4 Å². The fourth-order valence-corrected chi connectivity index (χ4v) is 2.92. The van der Waals surface area contributed by atoms with Crippen LogP contribution in [0.3, 0.4) is 0 Å². The molecule has 1 saturated heterocycles. The number of urea groups is 1. The third kappa shape index (κ3) is 6.03. The molecule has 0 aliphatic carbocycles. The van der Waals surface area contributed by atoms with Gasteiger partial charge in [-0.15, -0.1) is 12.4 Å². The maximum absolute atomic E-state index is 12.0. The number of hydrogen-bond donors (Lipinski definition) is 3. The van der Waals surface area contributed by atoms with Gasteiger partial charge in [-0.2, -0.15) is 0 Å². The number of rotatable bonds is 4. The van der Waals surface area contributed by atoms with Crippen LogP contribution in [-0.4, -0.2) is 47.0 Å². The van der Waals surface area contributed by atoms with Crippen molar-refractivity contribution in [3.8, 4) is 0 Å². The summed E-state index contributed by atoms with van der Waals surface area (Å²) in [5.74, 6) is -1.44. The summed E-state index contributed by atoms with van der Waals surface area (Å²) in [4.78, 5) is 36.8. The zero-order valence-electron chi connectivity index (χ0n) is 14.4. The Morgan fingerprint density at radius 1 is 1.24 bits per heavy atom. The molecule has 1 aliphatic rings. The van der Waals surface area contributed by atoms with Crippen LogP contribution in [-0.2, 0) is 9.59 Å². The van der Waals surface area contributed by atoms with Gasteiger partial charge in [0.15, 0.2) is 0 Å². The Morgan fingerprint density at radius 3 is 2.60 bits per heavy atom. The molecule has 1 atom stereocenters. The van der Waals surface area contributed by atoms with Crippen molar-refractivity contribution in [3.63, 3.8) is 0 Å². The molecule has 3 N–H and O–H groups in total. The monoisotopic (exact) mass is 369 g/mol. The normalized spacial score (nSPS) is 17.3. The Kier molecular flexibility index (Phi) is 7.86. The van der Waals surface area contributed by atoms with E-state index in [0.717, 1.165) is 24.0 Å². The molecule has 0 aromatic heterocycles. The van der Waals surface area contributed by atoms with Gasteiger partial charge in [-0.3, -0.25) is 19.8 Å². The molecule has 8 heteroatoms. The SMILES string of the molecule is Cc1ccc(NC(=O)NC(=O)CN2CCCCC2C(=O)O)c(C)c1.Cl. The topological polar surface area (TPSA) is 98.7 Å². The first kappa shape index (κ1) is 20.9. The molecule has 1 aliphatic heterocycles. The fraction of sp³-hybridized carbons (Fsp3) is 0.471. The van der Waals surface area contributed by atoms with Crippen molar-refractivity contribution in [2.24, 2.45) is 0 Å². The summed E-state index contributed by atoms with van der Waals surface area (Å²) in [6.07, 6.45) is 2.21. The number of imide groups is 1. The summed E-state index contributed by atoms with van der Waals surface area (Å²) < 4.78 is 0. The Labute approximate surface area is 153 Å². The predicted octanol–water partition coefficient (Wildman–Crippen LogP) is 2.31. The van der Waals surface area contributed by atoms with Crippen molar-refractivity contribution in [1.29, 1.82) is 0 Å². The van der Waals surface area contributed by atoms with Gasteiger partial charge in [0.05, 0.1) is 6.54 Å². The number of carboxylic acids is 1. The molecule has 1 unspecified atom stereocenters. The number of benzene rings is 1. The highest BCUT2D eigenvalue weighted by Gasteiger charge is 2.29. The minimum atomic E-state index is -0.928. The van der Waals surface area contributed by atoms with Crippen molar-refractivity contribution in [1.82, 2.24) is 10.2 Å². The quantitative estimate of drug-likeness (QED) is 0.756.